The molecule has 0 radical (unpaired) electrons. The number of methoxy groups -OCH3 is 1. The first-order valence-corrected chi connectivity index (χ1v) is 5.69. The minimum atomic E-state index is 0.202. The number of fused-ring (bicyclic) bond motifs is 1. The van der Waals surface area contributed by atoms with Crippen molar-refractivity contribution in [2.24, 2.45) is 0 Å². The van der Waals surface area contributed by atoms with Gasteiger partial charge >= 0.3 is 0 Å². The minimum absolute atomic E-state index is 0.202. The van der Waals surface area contributed by atoms with Crippen molar-refractivity contribution in [2.75, 3.05) is 7.11 Å². The third kappa shape index (κ3) is 1.98. The molecule has 80 valence electrons. The van der Waals surface area contributed by atoms with Gasteiger partial charge in [0.05, 0.1) is 0 Å². The van der Waals surface area contributed by atoms with Crippen LogP contribution in [-0.2, 0) is 4.74 Å². The van der Waals surface area contributed by atoms with Crippen LogP contribution in [0.2, 0.25) is 0 Å². The molecule has 0 N–H and O–H groups in total. The Kier molecular flexibility index (Phi) is 3.22. The summed E-state index contributed by atoms with van der Waals surface area (Å²) in [5.74, 6) is 0. The van der Waals surface area contributed by atoms with E-state index in [1.54, 1.807) is 7.11 Å². The Balaban J connectivity index is 2.22. The van der Waals surface area contributed by atoms with Crippen molar-refractivity contribution in [3.63, 3.8) is 0 Å². The predicted molar refractivity (Wildman–Crippen MR) is 63.7 cm³/mol. The molecule has 1 heteroatoms. The van der Waals surface area contributed by atoms with Crippen molar-refractivity contribution >= 4 is 6.08 Å². The van der Waals surface area contributed by atoms with Gasteiger partial charge in [-0.05, 0) is 29.5 Å². The summed E-state index contributed by atoms with van der Waals surface area (Å²) in [6.45, 7) is 2.23. The van der Waals surface area contributed by atoms with Gasteiger partial charge in [0.2, 0.25) is 0 Å². The number of hydrogen-bond donors (Lipinski definition) is 0. The molecule has 1 atom stereocenters. The van der Waals surface area contributed by atoms with E-state index in [1.165, 1.54) is 29.5 Å². The van der Waals surface area contributed by atoms with Crippen LogP contribution in [0.1, 0.15) is 43.4 Å². The van der Waals surface area contributed by atoms with Crippen LogP contribution in [0.25, 0.3) is 6.08 Å². The van der Waals surface area contributed by atoms with Crippen molar-refractivity contribution in [2.45, 2.75) is 32.3 Å². The molecule has 1 aliphatic rings. The summed E-state index contributed by atoms with van der Waals surface area (Å²) in [5.41, 5.74) is 4.09. The monoisotopic (exact) mass is 202 g/mol. The topological polar surface area (TPSA) is 9.23 Å². The largest absolute Gasteiger partial charge is 0.372 e. The lowest BCUT2D eigenvalue weighted by molar-refractivity contribution is 0.133. The van der Waals surface area contributed by atoms with Gasteiger partial charge in [-0.2, -0.15) is 0 Å². The van der Waals surface area contributed by atoms with Gasteiger partial charge in [0.25, 0.3) is 0 Å². The van der Waals surface area contributed by atoms with Crippen LogP contribution in [0.5, 0.6) is 0 Å². The van der Waals surface area contributed by atoms with Crippen molar-refractivity contribution in [1.82, 2.24) is 0 Å². The Morgan fingerprint density at radius 3 is 2.80 bits per heavy atom. The third-order valence-electron chi connectivity index (χ3n) is 3.01. The second-order valence-electron chi connectivity index (χ2n) is 4.07. The average Bonchev–Trinajstić information content (AvgIpc) is 2.63. The van der Waals surface area contributed by atoms with E-state index in [0.29, 0.717) is 0 Å². The Bertz CT molecular complexity index is 365. The molecule has 1 aromatic carbocycles. The Morgan fingerprint density at radius 2 is 2.07 bits per heavy atom. The zero-order chi connectivity index (χ0) is 10.7. The van der Waals surface area contributed by atoms with E-state index in [4.69, 9.17) is 4.74 Å². The summed E-state index contributed by atoms with van der Waals surface area (Å²) in [5, 5.41) is 0. The Morgan fingerprint density at radius 1 is 1.27 bits per heavy atom. The van der Waals surface area contributed by atoms with E-state index in [9.17, 15) is 0 Å². The highest BCUT2D eigenvalue weighted by atomic mass is 16.5. The highest BCUT2D eigenvalue weighted by Crippen LogP contribution is 2.38. The fourth-order valence-electron chi connectivity index (χ4n) is 2.22. The standard InChI is InChI=1S/C14H18O/c1-3-4-7-12-10-11-8-5-6-9-13(11)14(12)15-2/h5-6,8-10,14H,3-4,7H2,1-2H3. The quantitative estimate of drug-likeness (QED) is 0.718. The smallest absolute Gasteiger partial charge is 0.104 e. The van der Waals surface area contributed by atoms with Crippen LogP contribution in [-0.4, -0.2) is 7.11 Å². The second-order valence-corrected chi connectivity index (χ2v) is 4.07. The molecule has 1 nitrogen and oxygen atoms in total. The van der Waals surface area contributed by atoms with E-state index in [2.05, 4.69) is 37.3 Å². The first-order chi connectivity index (χ1) is 7.36. The van der Waals surface area contributed by atoms with Gasteiger partial charge in [0, 0.05) is 7.11 Å². The molecule has 0 aliphatic heterocycles. The molecule has 0 saturated heterocycles. The highest BCUT2D eigenvalue weighted by molar-refractivity contribution is 5.65. The van der Waals surface area contributed by atoms with Crippen molar-refractivity contribution in [3.8, 4) is 0 Å². The van der Waals surface area contributed by atoms with E-state index >= 15 is 0 Å². The lowest BCUT2D eigenvalue weighted by Crippen LogP contribution is -2.01. The maximum atomic E-state index is 5.58. The van der Waals surface area contributed by atoms with Crippen LogP contribution in [0.4, 0.5) is 0 Å². The van der Waals surface area contributed by atoms with E-state index in [1.807, 2.05) is 0 Å². The van der Waals surface area contributed by atoms with Crippen molar-refractivity contribution < 1.29 is 4.74 Å². The van der Waals surface area contributed by atoms with Gasteiger partial charge in [-0.15, -0.1) is 0 Å². The molecular weight excluding hydrogens is 184 g/mol. The van der Waals surface area contributed by atoms with Gasteiger partial charge in [0.1, 0.15) is 6.10 Å². The van der Waals surface area contributed by atoms with Crippen LogP contribution >= 0.6 is 0 Å². The summed E-state index contributed by atoms with van der Waals surface area (Å²) >= 11 is 0. The molecular formula is C14H18O. The summed E-state index contributed by atoms with van der Waals surface area (Å²) in [6.07, 6.45) is 6.14. The molecule has 0 amide bonds. The summed E-state index contributed by atoms with van der Waals surface area (Å²) in [6, 6.07) is 8.51. The summed E-state index contributed by atoms with van der Waals surface area (Å²) in [7, 11) is 1.80. The fourth-order valence-corrected chi connectivity index (χ4v) is 2.22. The maximum Gasteiger partial charge on any atom is 0.104 e. The number of unbranched alkanes of at least 4 members (excludes halogenated alkanes) is 1. The van der Waals surface area contributed by atoms with Gasteiger partial charge in [0.15, 0.2) is 0 Å². The zero-order valence-corrected chi connectivity index (χ0v) is 9.49. The highest BCUT2D eigenvalue weighted by Gasteiger charge is 2.23. The predicted octanol–water partition coefficient (Wildman–Crippen LogP) is 3.96. The molecule has 15 heavy (non-hydrogen) atoms. The van der Waals surface area contributed by atoms with Crippen LogP contribution in [0.15, 0.2) is 29.8 Å². The van der Waals surface area contributed by atoms with Crippen molar-refractivity contribution in [1.29, 1.82) is 0 Å². The lowest BCUT2D eigenvalue weighted by Gasteiger charge is -2.14. The van der Waals surface area contributed by atoms with E-state index in [0.717, 1.165) is 6.42 Å². The molecule has 0 spiro atoms. The minimum Gasteiger partial charge on any atom is -0.372 e. The molecule has 0 bridgehead atoms. The van der Waals surface area contributed by atoms with Crippen molar-refractivity contribution in [3.05, 3.63) is 41.0 Å². The molecule has 2 rings (SSSR count). The van der Waals surface area contributed by atoms with Crippen LogP contribution < -0.4 is 0 Å². The van der Waals surface area contributed by atoms with Crippen LogP contribution in [0, 0.1) is 0 Å². The number of rotatable bonds is 4. The normalized spacial score (nSPS) is 18.8. The molecule has 0 heterocycles. The number of benzene rings is 1. The van der Waals surface area contributed by atoms with Gasteiger partial charge < -0.3 is 4.74 Å². The lowest BCUT2D eigenvalue weighted by atomic mass is 10.0. The maximum absolute atomic E-state index is 5.58. The van der Waals surface area contributed by atoms with Crippen LogP contribution in [0.3, 0.4) is 0 Å². The fraction of sp³-hybridized carbons (Fsp3) is 0.429. The third-order valence-corrected chi connectivity index (χ3v) is 3.01. The van der Waals surface area contributed by atoms with Gasteiger partial charge in [-0.3, -0.25) is 0 Å². The molecule has 1 aromatic rings. The molecule has 1 aliphatic carbocycles. The first-order valence-electron chi connectivity index (χ1n) is 5.69. The second kappa shape index (κ2) is 4.63. The average molecular weight is 202 g/mol. The Labute approximate surface area is 91.8 Å². The molecule has 1 unspecified atom stereocenters. The molecule has 0 aromatic heterocycles. The number of ether oxygens (including phenoxy) is 1. The zero-order valence-electron chi connectivity index (χ0n) is 9.49. The van der Waals surface area contributed by atoms with E-state index in [-0.39, 0.29) is 6.10 Å². The molecule has 0 fully saturated rings. The first kappa shape index (κ1) is 10.4. The summed E-state index contributed by atoms with van der Waals surface area (Å²) < 4.78 is 5.58. The number of hydrogen-bond acceptors (Lipinski definition) is 1. The Hall–Kier alpha value is -1.08. The van der Waals surface area contributed by atoms with Gasteiger partial charge in [-0.25, -0.2) is 0 Å². The van der Waals surface area contributed by atoms with Gasteiger partial charge in [-0.1, -0.05) is 43.7 Å². The SMILES string of the molecule is CCCCC1=Cc2ccccc2C1OC. The van der Waals surface area contributed by atoms with E-state index < -0.39 is 0 Å². The summed E-state index contributed by atoms with van der Waals surface area (Å²) in [4.78, 5) is 0. The molecule has 0 saturated carbocycles.